The Morgan fingerprint density at radius 3 is 2.35 bits per heavy atom. The van der Waals surface area contributed by atoms with Crippen molar-refractivity contribution in [1.82, 2.24) is 20.2 Å². The fourth-order valence-corrected chi connectivity index (χ4v) is 3.77. The quantitative estimate of drug-likeness (QED) is 0.211. The molecule has 2 atom stereocenters. The van der Waals surface area contributed by atoms with Crippen LogP contribution in [-0.2, 0) is 30.5 Å². The van der Waals surface area contributed by atoms with E-state index in [1.54, 1.807) is 31.7 Å². The van der Waals surface area contributed by atoms with E-state index in [-0.39, 0.29) is 24.9 Å². The highest BCUT2D eigenvalue weighted by atomic mass is 16.5. The van der Waals surface area contributed by atoms with Gasteiger partial charge in [0.1, 0.15) is 12.1 Å². The fourth-order valence-electron chi connectivity index (χ4n) is 3.77. The van der Waals surface area contributed by atoms with Crippen LogP contribution in [0.3, 0.4) is 0 Å². The molecule has 0 radical (unpaired) electrons. The lowest BCUT2D eigenvalue weighted by molar-refractivity contribution is -0.130. The summed E-state index contributed by atoms with van der Waals surface area (Å²) >= 11 is 0. The molecule has 0 saturated carbocycles. The van der Waals surface area contributed by atoms with Crippen LogP contribution < -0.4 is 21.7 Å². The summed E-state index contributed by atoms with van der Waals surface area (Å²) in [6.07, 6.45) is 3.72. The van der Waals surface area contributed by atoms with Gasteiger partial charge in [-0.15, -0.1) is 0 Å². The molecule has 0 aliphatic rings. The average Bonchev–Trinajstić information content (AvgIpc) is 3.38. The van der Waals surface area contributed by atoms with Gasteiger partial charge < -0.3 is 35.7 Å². The lowest BCUT2D eigenvalue weighted by Crippen LogP contribution is -2.56. The number of methoxy groups -OCH3 is 1. The largest absolute Gasteiger partial charge is 0.385 e. The minimum absolute atomic E-state index is 0.0836. The second-order valence-corrected chi connectivity index (χ2v) is 9.89. The summed E-state index contributed by atoms with van der Waals surface area (Å²) in [4.78, 5) is 43.2. The highest BCUT2D eigenvalue weighted by Gasteiger charge is 2.29. The second kappa shape index (κ2) is 14.9. The Hall–Kier alpha value is -4.06. The van der Waals surface area contributed by atoms with E-state index >= 15 is 0 Å². The maximum Gasteiger partial charge on any atom is 0.250 e. The smallest absolute Gasteiger partial charge is 0.250 e. The topological polar surface area (TPSA) is 150 Å². The summed E-state index contributed by atoms with van der Waals surface area (Å²) in [7, 11) is 1.61. The number of nitrogens with two attached hydrogens (primary N) is 1. The molecular formula is C29H38N6O5. The third-order valence-corrected chi connectivity index (χ3v) is 5.94. The van der Waals surface area contributed by atoms with Crippen molar-refractivity contribution >= 4 is 23.5 Å². The number of anilines is 1. The van der Waals surface area contributed by atoms with Gasteiger partial charge in [0, 0.05) is 26.5 Å². The first-order chi connectivity index (χ1) is 19.2. The standard InChI is InChI=1S/C29H38N6O5/c1-29(2,30)28(38)33-23(19-40-18-21-11-6-4-7-12-21)26(36)34-24-17-35(20-32-24)25(22-13-8-5-9-14-22)27(37)31-15-10-16-39-3/h4-9,11-14,17,20,23,25H,10,15-16,18-19,30H2,1-3H3,(H,31,37)(H,33,38)(H,34,36). The van der Waals surface area contributed by atoms with Crippen LogP contribution in [0.5, 0.6) is 0 Å². The number of ether oxygens (including phenoxy) is 2. The van der Waals surface area contributed by atoms with Gasteiger partial charge in [-0.1, -0.05) is 60.7 Å². The van der Waals surface area contributed by atoms with Crippen LogP contribution in [0.1, 0.15) is 37.4 Å². The SMILES string of the molecule is COCCCNC(=O)C(c1ccccc1)n1cnc(NC(=O)C(COCc2ccccc2)NC(=O)C(C)(C)N)c1. The molecule has 0 saturated heterocycles. The predicted molar refractivity (Wildman–Crippen MR) is 151 cm³/mol. The van der Waals surface area contributed by atoms with E-state index in [0.717, 1.165) is 11.1 Å². The van der Waals surface area contributed by atoms with Crippen LogP contribution in [-0.4, -0.2) is 65.7 Å². The number of benzene rings is 2. The molecule has 1 heterocycles. The Balaban J connectivity index is 1.73. The zero-order valence-electron chi connectivity index (χ0n) is 23.1. The van der Waals surface area contributed by atoms with Crippen LogP contribution in [0.15, 0.2) is 73.2 Å². The predicted octanol–water partition coefficient (Wildman–Crippen LogP) is 2.00. The molecule has 0 bridgehead atoms. The minimum Gasteiger partial charge on any atom is -0.385 e. The van der Waals surface area contributed by atoms with Crippen LogP contribution in [0, 0.1) is 0 Å². The molecular weight excluding hydrogens is 512 g/mol. The molecule has 0 spiro atoms. The third-order valence-electron chi connectivity index (χ3n) is 5.94. The van der Waals surface area contributed by atoms with Crippen LogP contribution in [0.25, 0.3) is 0 Å². The summed E-state index contributed by atoms with van der Waals surface area (Å²) in [6.45, 7) is 4.27. The third kappa shape index (κ3) is 9.30. The number of aromatic nitrogens is 2. The molecule has 0 aliphatic carbocycles. The average molecular weight is 551 g/mol. The number of carbonyl (C=O) groups excluding carboxylic acids is 3. The second-order valence-electron chi connectivity index (χ2n) is 9.89. The van der Waals surface area contributed by atoms with Gasteiger partial charge in [0.2, 0.25) is 11.8 Å². The maximum atomic E-state index is 13.2. The van der Waals surface area contributed by atoms with E-state index in [1.165, 1.54) is 6.33 Å². The van der Waals surface area contributed by atoms with Crippen LogP contribution >= 0.6 is 0 Å². The first kappa shape index (κ1) is 30.5. The lowest BCUT2D eigenvalue weighted by atomic mass is 10.1. The van der Waals surface area contributed by atoms with E-state index < -0.39 is 29.4 Å². The Morgan fingerprint density at radius 1 is 1.02 bits per heavy atom. The van der Waals surface area contributed by atoms with E-state index in [2.05, 4.69) is 20.9 Å². The summed E-state index contributed by atoms with van der Waals surface area (Å²) in [5.74, 6) is -1.04. The molecule has 1 aromatic heterocycles. The highest BCUT2D eigenvalue weighted by molar-refractivity contribution is 5.98. The van der Waals surface area contributed by atoms with Gasteiger partial charge in [-0.05, 0) is 31.4 Å². The molecule has 5 N–H and O–H groups in total. The zero-order chi connectivity index (χ0) is 29.0. The molecule has 2 unspecified atom stereocenters. The normalized spacial score (nSPS) is 12.8. The summed E-state index contributed by atoms with van der Waals surface area (Å²) in [6, 6.07) is 17.0. The zero-order valence-corrected chi connectivity index (χ0v) is 23.1. The van der Waals surface area contributed by atoms with Crippen molar-refractivity contribution in [3.8, 4) is 0 Å². The Labute approximate surface area is 234 Å². The number of hydrogen-bond acceptors (Lipinski definition) is 7. The van der Waals surface area contributed by atoms with E-state index in [0.29, 0.717) is 19.6 Å². The summed E-state index contributed by atoms with van der Waals surface area (Å²) in [5.41, 5.74) is 6.42. The minimum atomic E-state index is -1.20. The van der Waals surface area contributed by atoms with Crippen molar-refractivity contribution in [3.05, 3.63) is 84.3 Å². The molecule has 11 nitrogen and oxygen atoms in total. The van der Waals surface area contributed by atoms with Crippen molar-refractivity contribution in [2.45, 2.75) is 44.5 Å². The Morgan fingerprint density at radius 2 is 1.70 bits per heavy atom. The lowest BCUT2D eigenvalue weighted by Gasteiger charge is -2.23. The number of rotatable bonds is 15. The number of hydrogen-bond donors (Lipinski definition) is 4. The van der Waals surface area contributed by atoms with Crippen molar-refractivity contribution < 1.29 is 23.9 Å². The molecule has 214 valence electrons. The number of nitrogens with one attached hydrogen (secondary N) is 3. The van der Waals surface area contributed by atoms with Gasteiger partial charge in [0.25, 0.3) is 5.91 Å². The van der Waals surface area contributed by atoms with Crippen molar-refractivity contribution in [2.24, 2.45) is 5.73 Å². The molecule has 3 rings (SSSR count). The molecule has 3 amide bonds. The molecule has 2 aromatic carbocycles. The van der Waals surface area contributed by atoms with Crippen LogP contribution in [0.4, 0.5) is 5.82 Å². The molecule has 3 aromatic rings. The van der Waals surface area contributed by atoms with Gasteiger partial charge in [0.05, 0.1) is 25.1 Å². The van der Waals surface area contributed by atoms with Gasteiger partial charge in [-0.3, -0.25) is 14.4 Å². The first-order valence-corrected chi connectivity index (χ1v) is 13.1. The molecule has 0 fully saturated rings. The monoisotopic (exact) mass is 550 g/mol. The Bertz CT molecular complexity index is 1230. The number of nitrogens with zero attached hydrogens (tertiary/aromatic N) is 2. The van der Waals surface area contributed by atoms with Crippen molar-refractivity contribution in [3.63, 3.8) is 0 Å². The molecule has 0 aliphatic heterocycles. The van der Waals surface area contributed by atoms with E-state index in [9.17, 15) is 14.4 Å². The summed E-state index contributed by atoms with van der Waals surface area (Å²) in [5, 5.41) is 8.30. The fraction of sp³-hybridized carbons (Fsp3) is 0.379. The first-order valence-electron chi connectivity index (χ1n) is 13.1. The van der Waals surface area contributed by atoms with Crippen molar-refractivity contribution in [2.75, 3.05) is 32.2 Å². The van der Waals surface area contributed by atoms with Crippen molar-refractivity contribution in [1.29, 1.82) is 0 Å². The van der Waals surface area contributed by atoms with Gasteiger partial charge in [0.15, 0.2) is 5.82 Å². The van der Waals surface area contributed by atoms with E-state index in [1.807, 2.05) is 60.7 Å². The van der Waals surface area contributed by atoms with Gasteiger partial charge >= 0.3 is 0 Å². The summed E-state index contributed by atoms with van der Waals surface area (Å²) < 4.78 is 12.4. The van der Waals surface area contributed by atoms with Crippen LogP contribution in [0.2, 0.25) is 0 Å². The van der Waals surface area contributed by atoms with Gasteiger partial charge in [-0.25, -0.2) is 4.98 Å². The number of amides is 3. The van der Waals surface area contributed by atoms with E-state index in [4.69, 9.17) is 15.2 Å². The highest BCUT2D eigenvalue weighted by Crippen LogP contribution is 2.20. The molecule has 40 heavy (non-hydrogen) atoms. The Kier molecular flexibility index (Phi) is 11.4. The molecule has 11 heteroatoms. The number of imidazole rings is 1. The number of carbonyl (C=O) groups is 3. The maximum absolute atomic E-state index is 13.2. The van der Waals surface area contributed by atoms with Gasteiger partial charge in [-0.2, -0.15) is 0 Å².